The molecule has 0 aliphatic rings. The molecule has 0 aromatic heterocycles. The molecule has 0 radical (unpaired) electrons. The molecule has 0 aliphatic heterocycles. The van der Waals surface area contributed by atoms with Crippen LogP contribution in [0.2, 0.25) is 0 Å². The van der Waals surface area contributed by atoms with E-state index >= 15 is 0 Å². The van der Waals surface area contributed by atoms with Crippen LogP contribution in [-0.2, 0) is 19.0 Å². The molecule has 1 unspecified atom stereocenters. The summed E-state index contributed by atoms with van der Waals surface area (Å²) in [7, 11) is 0. The van der Waals surface area contributed by atoms with E-state index in [-0.39, 0.29) is 0 Å². The summed E-state index contributed by atoms with van der Waals surface area (Å²) < 4.78 is 205. The van der Waals surface area contributed by atoms with E-state index in [0.29, 0.717) is 0 Å². The van der Waals surface area contributed by atoms with Crippen molar-refractivity contribution in [2.24, 2.45) is 0 Å². The predicted octanol–water partition coefficient (Wildman–Crippen LogP) is 5.17. The van der Waals surface area contributed by atoms with Crippen LogP contribution < -0.4 is 0 Å². The van der Waals surface area contributed by atoms with Crippen LogP contribution in [0.5, 0.6) is 0 Å². The Morgan fingerprint density at radius 1 is 0.586 bits per heavy atom. The van der Waals surface area contributed by atoms with Crippen LogP contribution in [0.4, 0.5) is 70.2 Å². The van der Waals surface area contributed by atoms with E-state index < -0.39 is 54.6 Å². The van der Waals surface area contributed by atoms with Gasteiger partial charge in [-0.25, -0.2) is 4.74 Å². The quantitative estimate of drug-likeness (QED) is 0.262. The Bertz CT molecular complexity index is 649. The molecule has 0 rings (SSSR count). The van der Waals surface area contributed by atoms with Gasteiger partial charge >= 0.3 is 54.6 Å². The topological polar surface area (TPSA) is 44.8 Å². The van der Waals surface area contributed by atoms with E-state index in [2.05, 4.69) is 0 Å². The van der Waals surface area contributed by atoms with Crippen molar-refractivity contribution >= 4 is 6.04 Å². The minimum Gasteiger partial charge on any atom is -0.398 e. The van der Waals surface area contributed by atoms with Crippen molar-refractivity contribution in [1.29, 1.82) is 0 Å². The lowest BCUT2D eigenvalue weighted by Crippen LogP contribution is -2.66. The van der Waals surface area contributed by atoms with Crippen molar-refractivity contribution in [2.45, 2.75) is 36.5 Å². The van der Waals surface area contributed by atoms with E-state index in [9.17, 15) is 75.0 Å². The summed E-state index contributed by atoms with van der Waals surface area (Å²) in [5, 5.41) is 0. The number of carbonyl (C=O) groups excluding carboxylic acids is 1. The van der Waals surface area contributed by atoms with Crippen LogP contribution in [0.15, 0.2) is 12.1 Å². The standard InChI is InChI=1S/C9F16O4/c10-1(11)2(12)27-7(19,20)5(16,8(21,22)29-9(23,24)25)28-6(17,18)4(14,15)3(13)26. The maximum atomic E-state index is 13.8. The third-order valence-corrected chi connectivity index (χ3v) is 2.24. The molecule has 0 aromatic rings. The molecule has 1 atom stereocenters. The average molecular weight is 476 g/mol. The second-order valence-electron chi connectivity index (χ2n) is 4.28. The summed E-state index contributed by atoms with van der Waals surface area (Å²) in [6.45, 7) is 0. The first-order valence-corrected chi connectivity index (χ1v) is 5.70. The molecule has 0 bridgehead atoms. The van der Waals surface area contributed by atoms with Gasteiger partial charge in [-0.2, -0.15) is 57.1 Å². The monoisotopic (exact) mass is 476 g/mol. The highest BCUT2D eigenvalue weighted by molar-refractivity contribution is 5.77. The number of ether oxygens (including phenoxy) is 3. The summed E-state index contributed by atoms with van der Waals surface area (Å²) >= 11 is 0. The smallest absolute Gasteiger partial charge is 0.398 e. The summed E-state index contributed by atoms with van der Waals surface area (Å²) in [6, 6.07) is -8.66. The first-order chi connectivity index (χ1) is 12.4. The Balaban J connectivity index is 6.64. The Kier molecular flexibility index (Phi) is 7.16. The lowest BCUT2D eigenvalue weighted by molar-refractivity contribution is -0.557. The maximum Gasteiger partial charge on any atom is 0.527 e. The summed E-state index contributed by atoms with van der Waals surface area (Å²) in [4.78, 5) is 9.71. The number of hydrogen-bond donors (Lipinski definition) is 0. The van der Waals surface area contributed by atoms with Crippen LogP contribution in [0.25, 0.3) is 0 Å². The fourth-order valence-corrected chi connectivity index (χ4v) is 1.07. The lowest BCUT2D eigenvalue weighted by atomic mass is 10.2. The normalized spacial score (nSPS) is 16.3. The molecule has 0 aliphatic carbocycles. The largest absolute Gasteiger partial charge is 0.527 e. The van der Waals surface area contributed by atoms with Gasteiger partial charge in [-0.05, 0) is 0 Å². The van der Waals surface area contributed by atoms with Gasteiger partial charge in [0.05, 0.1) is 0 Å². The highest BCUT2D eigenvalue weighted by Gasteiger charge is 2.83. The van der Waals surface area contributed by atoms with E-state index in [1.165, 1.54) is 9.47 Å². The third kappa shape index (κ3) is 5.54. The molecular weight excluding hydrogens is 476 g/mol. The third-order valence-electron chi connectivity index (χ3n) is 2.24. The molecule has 0 spiro atoms. The molecule has 0 fully saturated rings. The number of alkyl halides is 12. The van der Waals surface area contributed by atoms with Crippen molar-refractivity contribution in [1.82, 2.24) is 0 Å². The molecule has 20 heteroatoms. The molecule has 0 amide bonds. The number of rotatable bonds is 9. The van der Waals surface area contributed by atoms with Crippen molar-refractivity contribution in [2.75, 3.05) is 0 Å². The van der Waals surface area contributed by atoms with Gasteiger partial charge in [-0.1, -0.05) is 0 Å². The van der Waals surface area contributed by atoms with Crippen molar-refractivity contribution in [3.63, 3.8) is 0 Å². The van der Waals surface area contributed by atoms with Gasteiger partial charge < -0.3 is 4.74 Å². The zero-order valence-corrected chi connectivity index (χ0v) is 12.2. The van der Waals surface area contributed by atoms with Gasteiger partial charge in [0, 0.05) is 0 Å². The number of hydrogen-bond acceptors (Lipinski definition) is 4. The van der Waals surface area contributed by atoms with Crippen molar-refractivity contribution in [3.8, 4) is 0 Å². The van der Waals surface area contributed by atoms with E-state index in [1.807, 2.05) is 4.74 Å². The van der Waals surface area contributed by atoms with E-state index in [4.69, 9.17) is 0 Å². The molecule has 0 N–H and O–H groups in total. The molecule has 0 aromatic carbocycles. The Morgan fingerprint density at radius 2 is 1.00 bits per heavy atom. The van der Waals surface area contributed by atoms with Crippen LogP contribution in [0.3, 0.4) is 0 Å². The molecular formula is C9F16O4. The zero-order valence-electron chi connectivity index (χ0n) is 12.2. The van der Waals surface area contributed by atoms with Crippen LogP contribution in [0, 0.1) is 0 Å². The fraction of sp³-hybridized carbons (Fsp3) is 0.667. The van der Waals surface area contributed by atoms with Gasteiger partial charge in [0.1, 0.15) is 0 Å². The summed E-state index contributed by atoms with van der Waals surface area (Å²) in [6.07, 6.45) is -33.6. The second-order valence-corrected chi connectivity index (χ2v) is 4.28. The minimum atomic E-state index is -7.75. The summed E-state index contributed by atoms with van der Waals surface area (Å²) in [5.74, 6) is -14.9. The molecule has 0 saturated carbocycles. The Morgan fingerprint density at radius 3 is 1.31 bits per heavy atom. The maximum absolute atomic E-state index is 13.8. The highest BCUT2D eigenvalue weighted by atomic mass is 19.4. The molecule has 0 heterocycles. The van der Waals surface area contributed by atoms with Gasteiger partial charge in [-0.15, -0.1) is 13.2 Å². The number of carbonyl (C=O) groups is 1. The Hall–Kier alpha value is -1.99. The zero-order chi connectivity index (χ0) is 23.9. The number of halogens is 16. The van der Waals surface area contributed by atoms with Gasteiger partial charge in [0.25, 0.3) is 0 Å². The van der Waals surface area contributed by atoms with E-state index in [1.54, 1.807) is 0 Å². The molecule has 4 nitrogen and oxygen atoms in total. The first kappa shape index (κ1) is 27.0. The highest BCUT2D eigenvalue weighted by Crippen LogP contribution is 2.54. The second kappa shape index (κ2) is 7.69. The van der Waals surface area contributed by atoms with Crippen LogP contribution >= 0.6 is 0 Å². The van der Waals surface area contributed by atoms with Crippen LogP contribution in [-0.4, -0.2) is 42.5 Å². The minimum absolute atomic E-state index is 1.36. The molecule has 172 valence electrons. The Labute approximate surface area is 145 Å². The first-order valence-electron chi connectivity index (χ1n) is 5.70. The van der Waals surface area contributed by atoms with Crippen molar-refractivity contribution in [3.05, 3.63) is 12.1 Å². The summed E-state index contributed by atoms with van der Waals surface area (Å²) in [5.41, 5.74) is 0. The fourth-order valence-electron chi connectivity index (χ4n) is 1.07. The SMILES string of the molecule is O=C(F)C(F)(F)C(F)(F)OC(F)(C(F)(F)OC(F)=C(F)F)C(F)(F)OC(F)(F)F. The predicted molar refractivity (Wildman–Crippen MR) is 49.4 cm³/mol. The lowest BCUT2D eigenvalue weighted by Gasteiger charge is -2.38. The van der Waals surface area contributed by atoms with Crippen LogP contribution in [0.1, 0.15) is 0 Å². The van der Waals surface area contributed by atoms with Gasteiger partial charge in [0.2, 0.25) is 0 Å². The van der Waals surface area contributed by atoms with Gasteiger partial charge in [-0.3, -0.25) is 9.53 Å². The molecule has 29 heavy (non-hydrogen) atoms. The van der Waals surface area contributed by atoms with E-state index in [0.717, 1.165) is 0 Å². The average Bonchev–Trinajstić information content (AvgIpc) is 2.42. The van der Waals surface area contributed by atoms with Gasteiger partial charge in [0.15, 0.2) is 0 Å². The molecule has 0 saturated heterocycles. The van der Waals surface area contributed by atoms with Crippen molar-refractivity contribution < 1.29 is 89.3 Å².